The van der Waals surface area contributed by atoms with Crippen molar-refractivity contribution in [3.63, 3.8) is 0 Å². The van der Waals surface area contributed by atoms with E-state index in [0.717, 1.165) is 30.1 Å². The zero-order valence-corrected chi connectivity index (χ0v) is 13.5. The lowest BCUT2D eigenvalue weighted by molar-refractivity contribution is -0.142. The van der Waals surface area contributed by atoms with Gasteiger partial charge >= 0.3 is 0 Å². The van der Waals surface area contributed by atoms with Gasteiger partial charge in [-0.2, -0.15) is 0 Å². The maximum atomic E-state index is 12.5. The molecule has 120 valence electrons. The summed E-state index contributed by atoms with van der Waals surface area (Å²) in [6, 6.07) is 0. The second-order valence-electron chi connectivity index (χ2n) is 5.52. The Morgan fingerprint density at radius 1 is 1.27 bits per heavy atom. The molecule has 1 aromatic heterocycles. The Labute approximate surface area is 133 Å². The molecule has 3 rings (SSSR count). The lowest BCUT2D eigenvalue weighted by Crippen LogP contribution is -2.52. The summed E-state index contributed by atoms with van der Waals surface area (Å²) in [4.78, 5) is 29.0. The van der Waals surface area contributed by atoms with Gasteiger partial charge in [-0.1, -0.05) is 11.4 Å². The number of hydrogen-bond donors (Lipinski definition) is 0. The van der Waals surface area contributed by atoms with Crippen molar-refractivity contribution in [1.29, 1.82) is 0 Å². The number of amides is 2. The second-order valence-corrected chi connectivity index (χ2v) is 6.28. The molecule has 1 aromatic rings. The lowest BCUT2D eigenvalue weighted by Gasteiger charge is -2.35. The van der Waals surface area contributed by atoms with Crippen molar-refractivity contribution in [2.24, 2.45) is 0 Å². The van der Waals surface area contributed by atoms with Crippen LogP contribution in [0.2, 0.25) is 0 Å². The molecule has 1 atom stereocenters. The zero-order valence-electron chi connectivity index (χ0n) is 12.7. The van der Waals surface area contributed by atoms with Gasteiger partial charge in [0.2, 0.25) is 0 Å². The molecule has 0 aliphatic carbocycles. The third-order valence-electron chi connectivity index (χ3n) is 4.17. The van der Waals surface area contributed by atoms with Crippen LogP contribution in [0.15, 0.2) is 0 Å². The Morgan fingerprint density at radius 2 is 2.00 bits per heavy atom. The standard InChI is InChI=1S/C14H20N4O3S/c1-2-10-12(22-16-15-10)14(20)18-7-5-17(6-8-18)13(19)11-4-3-9-21-11/h11H,2-9H2,1H3. The van der Waals surface area contributed by atoms with E-state index in [2.05, 4.69) is 9.59 Å². The van der Waals surface area contributed by atoms with Crippen LogP contribution < -0.4 is 0 Å². The van der Waals surface area contributed by atoms with E-state index >= 15 is 0 Å². The highest BCUT2D eigenvalue weighted by Gasteiger charge is 2.32. The van der Waals surface area contributed by atoms with Gasteiger partial charge in [-0.05, 0) is 30.8 Å². The summed E-state index contributed by atoms with van der Waals surface area (Å²) in [6.07, 6.45) is 2.19. The summed E-state index contributed by atoms with van der Waals surface area (Å²) in [7, 11) is 0. The van der Waals surface area contributed by atoms with Crippen LogP contribution in [0.4, 0.5) is 0 Å². The number of carbonyl (C=O) groups excluding carboxylic acids is 2. The number of ether oxygens (including phenoxy) is 1. The van der Waals surface area contributed by atoms with Crippen LogP contribution in [0.25, 0.3) is 0 Å². The van der Waals surface area contributed by atoms with Crippen LogP contribution in [0.1, 0.15) is 35.1 Å². The first kappa shape index (κ1) is 15.4. The summed E-state index contributed by atoms with van der Waals surface area (Å²) in [5, 5.41) is 3.99. The second kappa shape index (κ2) is 6.70. The molecule has 22 heavy (non-hydrogen) atoms. The van der Waals surface area contributed by atoms with Gasteiger partial charge in [0.05, 0.1) is 5.69 Å². The number of rotatable bonds is 3. The number of piperazine rings is 1. The summed E-state index contributed by atoms with van der Waals surface area (Å²) >= 11 is 1.15. The first-order chi connectivity index (χ1) is 10.7. The number of aryl methyl sites for hydroxylation is 1. The highest BCUT2D eigenvalue weighted by Crippen LogP contribution is 2.18. The van der Waals surface area contributed by atoms with E-state index in [1.807, 2.05) is 11.8 Å². The average Bonchev–Trinajstić information content (AvgIpc) is 3.24. The third kappa shape index (κ3) is 2.98. The molecule has 0 radical (unpaired) electrons. The van der Waals surface area contributed by atoms with E-state index in [4.69, 9.17) is 4.74 Å². The maximum absolute atomic E-state index is 12.5. The molecule has 7 nitrogen and oxygen atoms in total. The van der Waals surface area contributed by atoms with Crippen molar-refractivity contribution in [3.05, 3.63) is 10.6 Å². The molecular weight excluding hydrogens is 304 g/mol. The van der Waals surface area contributed by atoms with Crippen molar-refractivity contribution in [2.45, 2.75) is 32.3 Å². The first-order valence-corrected chi connectivity index (χ1v) is 8.49. The van der Waals surface area contributed by atoms with Gasteiger partial charge < -0.3 is 14.5 Å². The van der Waals surface area contributed by atoms with Crippen LogP contribution in [0.5, 0.6) is 0 Å². The minimum atomic E-state index is -0.278. The minimum Gasteiger partial charge on any atom is -0.368 e. The maximum Gasteiger partial charge on any atom is 0.267 e. The van der Waals surface area contributed by atoms with Crippen molar-refractivity contribution in [3.8, 4) is 0 Å². The molecule has 2 aliphatic rings. The Kier molecular flexibility index (Phi) is 4.68. The van der Waals surface area contributed by atoms with Gasteiger partial charge in [0, 0.05) is 32.8 Å². The van der Waals surface area contributed by atoms with E-state index in [0.29, 0.717) is 44.1 Å². The van der Waals surface area contributed by atoms with Gasteiger partial charge in [0.1, 0.15) is 11.0 Å². The fourth-order valence-corrected chi connectivity index (χ4v) is 3.57. The fourth-order valence-electron chi connectivity index (χ4n) is 2.85. The molecule has 2 saturated heterocycles. The summed E-state index contributed by atoms with van der Waals surface area (Å²) in [5.41, 5.74) is 0.757. The van der Waals surface area contributed by atoms with Crippen molar-refractivity contribution in [2.75, 3.05) is 32.8 Å². The zero-order chi connectivity index (χ0) is 15.5. The molecule has 0 saturated carbocycles. The molecule has 2 amide bonds. The number of aromatic nitrogens is 2. The average molecular weight is 324 g/mol. The molecule has 0 spiro atoms. The number of carbonyl (C=O) groups is 2. The largest absolute Gasteiger partial charge is 0.368 e. The molecule has 2 fully saturated rings. The molecule has 0 bridgehead atoms. The van der Waals surface area contributed by atoms with Crippen LogP contribution in [-0.4, -0.2) is 70.1 Å². The Bertz CT molecular complexity index is 548. The fraction of sp³-hybridized carbons (Fsp3) is 0.714. The highest BCUT2D eigenvalue weighted by molar-refractivity contribution is 7.08. The smallest absolute Gasteiger partial charge is 0.267 e. The Morgan fingerprint density at radius 3 is 2.64 bits per heavy atom. The monoisotopic (exact) mass is 324 g/mol. The predicted octanol–water partition coefficient (Wildman–Crippen LogP) is 0.564. The van der Waals surface area contributed by atoms with Crippen LogP contribution in [0.3, 0.4) is 0 Å². The van der Waals surface area contributed by atoms with Gasteiger partial charge in [0.25, 0.3) is 11.8 Å². The van der Waals surface area contributed by atoms with Crippen molar-refractivity contribution in [1.82, 2.24) is 19.4 Å². The van der Waals surface area contributed by atoms with E-state index in [1.54, 1.807) is 4.90 Å². The Balaban J connectivity index is 1.57. The molecule has 0 aromatic carbocycles. The van der Waals surface area contributed by atoms with Crippen LogP contribution >= 0.6 is 11.5 Å². The molecule has 3 heterocycles. The predicted molar refractivity (Wildman–Crippen MR) is 80.7 cm³/mol. The van der Waals surface area contributed by atoms with E-state index in [1.165, 1.54) is 0 Å². The van der Waals surface area contributed by atoms with E-state index < -0.39 is 0 Å². The van der Waals surface area contributed by atoms with Crippen LogP contribution in [0, 0.1) is 0 Å². The summed E-state index contributed by atoms with van der Waals surface area (Å²) in [5.74, 6) is 0.0503. The quantitative estimate of drug-likeness (QED) is 0.812. The summed E-state index contributed by atoms with van der Waals surface area (Å²) in [6.45, 7) is 4.88. The van der Waals surface area contributed by atoms with Crippen molar-refractivity contribution < 1.29 is 14.3 Å². The SMILES string of the molecule is CCc1nnsc1C(=O)N1CCN(C(=O)C2CCCO2)CC1. The van der Waals surface area contributed by atoms with Crippen molar-refractivity contribution >= 4 is 23.3 Å². The minimum absolute atomic E-state index is 0.0175. The lowest BCUT2D eigenvalue weighted by atomic mass is 10.2. The normalized spacial score (nSPS) is 22.1. The molecule has 2 aliphatic heterocycles. The molecule has 1 unspecified atom stereocenters. The Hall–Kier alpha value is -1.54. The molecular formula is C14H20N4O3S. The first-order valence-electron chi connectivity index (χ1n) is 7.71. The molecule has 0 N–H and O–H groups in total. The third-order valence-corrected chi connectivity index (χ3v) is 4.92. The van der Waals surface area contributed by atoms with Gasteiger partial charge in [-0.3, -0.25) is 9.59 Å². The van der Waals surface area contributed by atoms with Gasteiger partial charge in [-0.25, -0.2) is 0 Å². The number of hydrogen-bond acceptors (Lipinski definition) is 6. The van der Waals surface area contributed by atoms with Gasteiger partial charge in [0.15, 0.2) is 0 Å². The van der Waals surface area contributed by atoms with Gasteiger partial charge in [-0.15, -0.1) is 5.10 Å². The van der Waals surface area contributed by atoms with Crippen LogP contribution in [-0.2, 0) is 16.0 Å². The summed E-state index contributed by atoms with van der Waals surface area (Å²) < 4.78 is 9.31. The number of nitrogens with zero attached hydrogens (tertiary/aromatic N) is 4. The van der Waals surface area contributed by atoms with E-state index in [9.17, 15) is 9.59 Å². The highest BCUT2D eigenvalue weighted by atomic mass is 32.1. The van der Waals surface area contributed by atoms with E-state index in [-0.39, 0.29) is 17.9 Å². The molecule has 8 heteroatoms. The topological polar surface area (TPSA) is 75.6 Å².